The average molecular weight is 210 g/mol. The van der Waals surface area contributed by atoms with E-state index in [4.69, 9.17) is 12.2 Å². The maximum atomic E-state index is 11.4. The van der Waals surface area contributed by atoms with Crippen molar-refractivity contribution >= 4 is 5.91 Å². The summed E-state index contributed by atoms with van der Waals surface area (Å²) in [6.07, 6.45) is 9.93. The molecule has 86 valence electrons. The van der Waals surface area contributed by atoms with Gasteiger partial charge < -0.3 is 11.1 Å². The van der Waals surface area contributed by atoms with Crippen molar-refractivity contribution in [2.24, 2.45) is 5.73 Å². The van der Waals surface area contributed by atoms with E-state index in [0.29, 0.717) is 6.42 Å². The van der Waals surface area contributed by atoms with Crippen LogP contribution in [-0.4, -0.2) is 18.0 Å². The highest BCUT2D eigenvalue weighted by molar-refractivity contribution is 5.82. The number of nitrogens with two attached hydrogens (primary N) is 1. The molecular formula is C12H22N2O. The van der Waals surface area contributed by atoms with Crippen LogP contribution in [0.1, 0.15) is 46.0 Å². The maximum absolute atomic E-state index is 11.4. The summed E-state index contributed by atoms with van der Waals surface area (Å²) in [5, 5.41) is 2.86. The smallest absolute Gasteiger partial charge is 0.238 e. The number of amides is 1. The van der Waals surface area contributed by atoms with Crippen LogP contribution in [0, 0.1) is 12.3 Å². The van der Waals surface area contributed by atoms with Crippen LogP contribution in [0.25, 0.3) is 0 Å². The van der Waals surface area contributed by atoms with Crippen molar-refractivity contribution in [1.29, 1.82) is 0 Å². The molecule has 0 rings (SSSR count). The normalized spacial score (nSPS) is 14.0. The molecule has 1 amide bonds. The van der Waals surface area contributed by atoms with Crippen LogP contribution in [0.15, 0.2) is 0 Å². The van der Waals surface area contributed by atoms with Gasteiger partial charge in [-0.2, -0.15) is 0 Å². The van der Waals surface area contributed by atoms with Crippen LogP contribution in [0.4, 0.5) is 0 Å². The fourth-order valence-electron chi connectivity index (χ4n) is 1.34. The summed E-state index contributed by atoms with van der Waals surface area (Å²) < 4.78 is 0. The number of carbonyl (C=O) groups excluding carboxylic acids is 1. The first-order valence-corrected chi connectivity index (χ1v) is 5.61. The zero-order valence-corrected chi connectivity index (χ0v) is 9.75. The molecule has 0 heterocycles. The van der Waals surface area contributed by atoms with E-state index in [1.54, 1.807) is 0 Å². The van der Waals surface area contributed by atoms with Gasteiger partial charge in [0.2, 0.25) is 5.91 Å². The first-order chi connectivity index (χ1) is 7.11. The Morgan fingerprint density at radius 3 is 2.73 bits per heavy atom. The lowest BCUT2D eigenvalue weighted by atomic mass is 10.1. The Labute approximate surface area is 92.8 Å². The van der Waals surface area contributed by atoms with E-state index in [2.05, 4.69) is 18.2 Å². The molecule has 0 saturated carbocycles. The number of carbonyl (C=O) groups is 1. The lowest BCUT2D eigenvalue weighted by molar-refractivity contribution is -0.122. The van der Waals surface area contributed by atoms with Gasteiger partial charge in [0, 0.05) is 12.5 Å². The minimum atomic E-state index is -0.566. The van der Waals surface area contributed by atoms with Gasteiger partial charge in [-0.15, -0.1) is 12.3 Å². The average Bonchev–Trinajstić information content (AvgIpc) is 2.18. The minimum Gasteiger partial charge on any atom is -0.352 e. The quantitative estimate of drug-likeness (QED) is 0.493. The number of rotatable bonds is 7. The van der Waals surface area contributed by atoms with Crippen molar-refractivity contribution in [2.75, 3.05) is 0 Å². The van der Waals surface area contributed by atoms with Crippen LogP contribution >= 0.6 is 0 Å². The lowest BCUT2D eigenvalue weighted by Gasteiger charge is -2.16. The van der Waals surface area contributed by atoms with Gasteiger partial charge in [0.1, 0.15) is 0 Å². The zero-order valence-electron chi connectivity index (χ0n) is 9.75. The second-order valence-electron chi connectivity index (χ2n) is 3.92. The largest absolute Gasteiger partial charge is 0.352 e. The standard InChI is InChI=1S/C12H22N2O/c1-4-6-7-9-10(3)14-12(15)11(13)8-5-2/h2,10-11H,4,6-9,13H2,1,3H3,(H,14,15). The summed E-state index contributed by atoms with van der Waals surface area (Å²) in [6.45, 7) is 4.15. The Kier molecular flexibility index (Phi) is 7.75. The van der Waals surface area contributed by atoms with Crippen molar-refractivity contribution in [2.45, 2.75) is 58.0 Å². The van der Waals surface area contributed by atoms with Crippen molar-refractivity contribution in [3.63, 3.8) is 0 Å². The SMILES string of the molecule is C#CCC(N)C(=O)NC(C)CCCCC. The molecular weight excluding hydrogens is 188 g/mol. The summed E-state index contributed by atoms with van der Waals surface area (Å²) in [4.78, 5) is 11.4. The highest BCUT2D eigenvalue weighted by Gasteiger charge is 2.13. The molecule has 0 radical (unpaired) electrons. The number of hydrogen-bond acceptors (Lipinski definition) is 2. The Morgan fingerprint density at radius 1 is 1.53 bits per heavy atom. The summed E-state index contributed by atoms with van der Waals surface area (Å²) in [6, 6.07) is -0.378. The van der Waals surface area contributed by atoms with Crippen molar-refractivity contribution in [3.05, 3.63) is 0 Å². The van der Waals surface area contributed by atoms with Gasteiger partial charge in [0.15, 0.2) is 0 Å². The van der Waals surface area contributed by atoms with Crippen LogP contribution in [0.3, 0.4) is 0 Å². The van der Waals surface area contributed by atoms with Crippen molar-refractivity contribution in [3.8, 4) is 12.3 Å². The molecule has 0 aliphatic heterocycles. The maximum Gasteiger partial charge on any atom is 0.238 e. The third kappa shape index (κ3) is 6.98. The summed E-state index contributed by atoms with van der Waals surface area (Å²) >= 11 is 0. The Bertz CT molecular complexity index is 220. The van der Waals surface area contributed by atoms with E-state index < -0.39 is 6.04 Å². The van der Waals surface area contributed by atoms with E-state index in [1.165, 1.54) is 12.8 Å². The molecule has 0 fully saturated rings. The van der Waals surface area contributed by atoms with Crippen LogP contribution in [0.5, 0.6) is 0 Å². The Morgan fingerprint density at radius 2 is 2.20 bits per heavy atom. The third-order valence-corrected chi connectivity index (χ3v) is 2.30. The summed E-state index contributed by atoms with van der Waals surface area (Å²) in [5.74, 6) is 2.25. The van der Waals surface area contributed by atoms with Crippen molar-refractivity contribution < 1.29 is 4.79 Å². The van der Waals surface area contributed by atoms with Gasteiger partial charge in [-0.3, -0.25) is 4.79 Å². The molecule has 15 heavy (non-hydrogen) atoms. The topological polar surface area (TPSA) is 55.1 Å². The Balaban J connectivity index is 3.71. The zero-order chi connectivity index (χ0) is 11.7. The van der Waals surface area contributed by atoms with E-state index in [9.17, 15) is 4.79 Å². The van der Waals surface area contributed by atoms with Gasteiger partial charge in [-0.05, 0) is 13.3 Å². The van der Waals surface area contributed by atoms with E-state index in [-0.39, 0.29) is 11.9 Å². The van der Waals surface area contributed by atoms with E-state index >= 15 is 0 Å². The number of unbranched alkanes of at least 4 members (excludes halogenated alkanes) is 2. The predicted octanol–water partition coefficient (Wildman–Crippen LogP) is 1.42. The van der Waals surface area contributed by atoms with Gasteiger partial charge in [-0.1, -0.05) is 26.2 Å². The lowest BCUT2D eigenvalue weighted by Crippen LogP contribution is -2.44. The van der Waals surface area contributed by atoms with Gasteiger partial charge in [0.25, 0.3) is 0 Å². The summed E-state index contributed by atoms with van der Waals surface area (Å²) in [5.41, 5.74) is 5.58. The molecule has 0 aromatic heterocycles. The molecule has 3 heteroatoms. The van der Waals surface area contributed by atoms with Crippen LogP contribution < -0.4 is 11.1 Å². The van der Waals surface area contributed by atoms with Gasteiger partial charge in [0.05, 0.1) is 6.04 Å². The fraction of sp³-hybridized carbons (Fsp3) is 0.750. The first kappa shape index (κ1) is 14.0. The van der Waals surface area contributed by atoms with Crippen LogP contribution in [0.2, 0.25) is 0 Å². The van der Waals surface area contributed by atoms with E-state index in [1.807, 2.05) is 6.92 Å². The van der Waals surface area contributed by atoms with Crippen molar-refractivity contribution in [1.82, 2.24) is 5.32 Å². The van der Waals surface area contributed by atoms with Crippen LogP contribution in [-0.2, 0) is 4.79 Å². The monoisotopic (exact) mass is 210 g/mol. The molecule has 3 N–H and O–H groups in total. The molecule has 2 atom stereocenters. The molecule has 3 nitrogen and oxygen atoms in total. The Hall–Kier alpha value is -1.01. The molecule has 0 saturated heterocycles. The first-order valence-electron chi connectivity index (χ1n) is 5.61. The number of terminal acetylenes is 1. The molecule has 2 unspecified atom stereocenters. The predicted molar refractivity (Wildman–Crippen MR) is 63.2 cm³/mol. The fourth-order valence-corrected chi connectivity index (χ4v) is 1.34. The second kappa shape index (κ2) is 8.31. The third-order valence-electron chi connectivity index (χ3n) is 2.30. The molecule has 0 aliphatic carbocycles. The summed E-state index contributed by atoms with van der Waals surface area (Å²) in [7, 11) is 0. The van der Waals surface area contributed by atoms with Gasteiger partial charge >= 0.3 is 0 Å². The number of nitrogens with one attached hydrogen (secondary N) is 1. The highest BCUT2D eigenvalue weighted by Crippen LogP contribution is 2.03. The molecule has 0 aromatic rings. The van der Waals surface area contributed by atoms with E-state index in [0.717, 1.165) is 12.8 Å². The molecule has 0 bridgehead atoms. The molecule has 0 spiro atoms. The molecule has 0 aliphatic rings. The minimum absolute atomic E-state index is 0.142. The molecule has 0 aromatic carbocycles. The second-order valence-corrected chi connectivity index (χ2v) is 3.92. The highest BCUT2D eigenvalue weighted by atomic mass is 16.2. The number of hydrogen-bond donors (Lipinski definition) is 2. The van der Waals surface area contributed by atoms with Gasteiger partial charge in [-0.25, -0.2) is 0 Å².